The fraction of sp³-hybridized carbons (Fsp3) is 0.429. The summed E-state index contributed by atoms with van der Waals surface area (Å²) in [5.74, 6) is 0.173. The predicted octanol–water partition coefficient (Wildman–Crippen LogP) is 1.08. The molecule has 25 heavy (non-hydrogen) atoms. The van der Waals surface area contributed by atoms with E-state index in [2.05, 4.69) is 20.3 Å². The Morgan fingerprint density at radius 1 is 1.28 bits per heavy atom. The van der Waals surface area contributed by atoms with Gasteiger partial charge in [-0.2, -0.15) is 9.40 Å². The number of hydrogen-bond donors (Lipinski definition) is 0. The van der Waals surface area contributed by atoms with Crippen molar-refractivity contribution >= 4 is 27.3 Å². The van der Waals surface area contributed by atoms with E-state index in [9.17, 15) is 8.42 Å². The summed E-state index contributed by atoms with van der Waals surface area (Å²) in [6.07, 6.45) is 6.09. The molecule has 1 aliphatic rings. The van der Waals surface area contributed by atoms with Crippen molar-refractivity contribution in [2.24, 2.45) is 7.05 Å². The first-order chi connectivity index (χ1) is 12.0. The molecule has 0 amide bonds. The van der Waals surface area contributed by atoms with Crippen LogP contribution in [0.25, 0.3) is 5.65 Å². The zero-order valence-electron chi connectivity index (χ0n) is 13.4. The van der Waals surface area contributed by atoms with Gasteiger partial charge in [-0.15, -0.1) is 10.2 Å². The van der Waals surface area contributed by atoms with E-state index in [-0.39, 0.29) is 11.1 Å². The number of pyridine rings is 1. The summed E-state index contributed by atoms with van der Waals surface area (Å²) in [4.78, 5) is 4.11. The average Bonchev–Trinajstić information content (AvgIpc) is 3.22. The van der Waals surface area contributed by atoms with Crippen LogP contribution in [0.1, 0.15) is 24.3 Å². The molecule has 0 atom stereocenters. The van der Waals surface area contributed by atoms with Gasteiger partial charge in [0.25, 0.3) is 15.2 Å². The Bertz CT molecular complexity index is 1020. The molecule has 3 aromatic rings. The molecule has 0 unspecified atom stereocenters. The lowest BCUT2D eigenvalue weighted by Crippen LogP contribution is -2.39. The standard InChI is InChI=1S/C14H16ClN7O2S/c1-20-9-17-19-14(20)25(23,24)21-4-2-10(3-5-21)11-7-22-13(6-12(11)15)16-8-18-22/h6-10H,2-5H2,1H3. The van der Waals surface area contributed by atoms with Crippen LogP contribution in [0, 0.1) is 0 Å². The Labute approximate surface area is 149 Å². The van der Waals surface area contributed by atoms with E-state index in [1.54, 1.807) is 17.6 Å². The molecule has 132 valence electrons. The molecule has 9 nitrogen and oxygen atoms in total. The van der Waals surface area contributed by atoms with Crippen LogP contribution in [-0.2, 0) is 17.1 Å². The van der Waals surface area contributed by atoms with Gasteiger partial charge in [0, 0.05) is 37.4 Å². The Kier molecular flexibility index (Phi) is 3.97. The minimum absolute atomic E-state index is 0.0342. The molecule has 0 aliphatic carbocycles. The highest BCUT2D eigenvalue weighted by Gasteiger charge is 2.33. The molecule has 0 spiro atoms. The molecule has 4 rings (SSSR count). The van der Waals surface area contributed by atoms with Gasteiger partial charge in [0.15, 0.2) is 5.65 Å². The number of rotatable bonds is 3. The maximum atomic E-state index is 12.7. The fourth-order valence-corrected chi connectivity index (χ4v) is 4.97. The largest absolute Gasteiger partial charge is 0.306 e. The highest BCUT2D eigenvalue weighted by atomic mass is 35.5. The van der Waals surface area contributed by atoms with E-state index in [4.69, 9.17) is 11.6 Å². The van der Waals surface area contributed by atoms with Gasteiger partial charge in [-0.1, -0.05) is 11.6 Å². The van der Waals surface area contributed by atoms with Crippen molar-refractivity contribution in [2.45, 2.75) is 23.9 Å². The van der Waals surface area contributed by atoms with Crippen LogP contribution in [0.2, 0.25) is 5.02 Å². The lowest BCUT2D eigenvalue weighted by molar-refractivity contribution is 0.316. The Hall–Kier alpha value is -2.04. The molecular formula is C14H16ClN7O2S. The lowest BCUT2D eigenvalue weighted by Gasteiger charge is -2.31. The first-order valence-electron chi connectivity index (χ1n) is 7.80. The number of hydrogen-bond acceptors (Lipinski definition) is 6. The Morgan fingerprint density at radius 2 is 2.04 bits per heavy atom. The molecule has 1 aliphatic heterocycles. The van der Waals surface area contributed by atoms with Crippen LogP contribution in [-0.4, -0.2) is 55.2 Å². The van der Waals surface area contributed by atoms with E-state index in [0.717, 1.165) is 5.56 Å². The topological polar surface area (TPSA) is 98.3 Å². The SMILES string of the molecule is Cn1cnnc1S(=O)(=O)N1CCC(c2cn3ncnc3cc2Cl)CC1. The van der Waals surface area contributed by atoms with Crippen molar-refractivity contribution in [2.75, 3.05) is 13.1 Å². The van der Waals surface area contributed by atoms with Crippen molar-refractivity contribution < 1.29 is 8.42 Å². The third-order valence-electron chi connectivity index (χ3n) is 4.53. The number of aromatic nitrogens is 6. The first-order valence-corrected chi connectivity index (χ1v) is 9.61. The summed E-state index contributed by atoms with van der Waals surface area (Å²) >= 11 is 6.39. The molecule has 0 aromatic carbocycles. The minimum Gasteiger partial charge on any atom is -0.306 e. The molecule has 3 aromatic heterocycles. The summed E-state index contributed by atoms with van der Waals surface area (Å²) < 4.78 is 29.9. The van der Waals surface area contributed by atoms with E-state index in [1.807, 2.05) is 6.20 Å². The molecule has 1 fully saturated rings. The van der Waals surface area contributed by atoms with E-state index < -0.39 is 10.0 Å². The lowest BCUT2D eigenvalue weighted by atomic mass is 9.91. The molecule has 11 heteroatoms. The normalized spacial score (nSPS) is 17.4. The summed E-state index contributed by atoms with van der Waals surface area (Å²) in [6, 6.07) is 1.78. The summed E-state index contributed by atoms with van der Waals surface area (Å²) in [7, 11) is -2.01. The zero-order chi connectivity index (χ0) is 17.6. The van der Waals surface area contributed by atoms with Crippen molar-refractivity contribution in [3.05, 3.63) is 35.5 Å². The van der Waals surface area contributed by atoms with Gasteiger partial charge in [-0.3, -0.25) is 0 Å². The number of piperidine rings is 1. The molecule has 0 radical (unpaired) electrons. The number of sulfonamides is 1. The summed E-state index contributed by atoms with van der Waals surface area (Å²) in [5, 5.41) is 12.1. The van der Waals surface area contributed by atoms with Gasteiger partial charge in [-0.05, 0) is 24.3 Å². The van der Waals surface area contributed by atoms with Crippen LogP contribution < -0.4 is 0 Å². The van der Waals surface area contributed by atoms with Gasteiger partial charge < -0.3 is 4.57 Å². The van der Waals surface area contributed by atoms with E-state index in [1.165, 1.54) is 21.5 Å². The second-order valence-corrected chi connectivity index (χ2v) is 8.28. The zero-order valence-corrected chi connectivity index (χ0v) is 15.0. The second-order valence-electron chi connectivity index (χ2n) is 6.04. The van der Waals surface area contributed by atoms with Crippen LogP contribution in [0.4, 0.5) is 0 Å². The molecule has 0 bridgehead atoms. The van der Waals surface area contributed by atoms with Crippen molar-refractivity contribution in [1.82, 2.24) is 33.7 Å². The van der Waals surface area contributed by atoms with Gasteiger partial charge in [0.1, 0.15) is 12.7 Å². The molecule has 0 saturated carbocycles. The number of nitrogens with zero attached hydrogens (tertiary/aromatic N) is 7. The van der Waals surface area contributed by atoms with Gasteiger partial charge in [-0.25, -0.2) is 17.9 Å². The van der Waals surface area contributed by atoms with E-state index >= 15 is 0 Å². The number of aryl methyl sites for hydroxylation is 1. The van der Waals surface area contributed by atoms with Crippen molar-refractivity contribution in [1.29, 1.82) is 0 Å². The molecule has 0 N–H and O–H groups in total. The maximum Gasteiger partial charge on any atom is 0.278 e. The van der Waals surface area contributed by atoms with Gasteiger partial charge in [0.05, 0.1) is 0 Å². The highest BCUT2D eigenvalue weighted by Crippen LogP contribution is 2.34. The van der Waals surface area contributed by atoms with Crippen LogP contribution >= 0.6 is 11.6 Å². The van der Waals surface area contributed by atoms with E-state index in [0.29, 0.717) is 36.6 Å². The van der Waals surface area contributed by atoms with Crippen molar-refractivity contribution in [3.63, 3.8) is 0 Å². The van der Waals surface area contributed by atoms with Gasteiger partial charge >= 0.3 is 0 Å². The third-order valence-corrected chi connectivity index (χ3v) is 6.73. The summed E-state index contributed by atoms with van der Waals surface area (Å²) in [6.45, 7) is 0.817. The van der Waals surface area contributed by atoms with Crippen LogP contribution in [0.3, 0.4) is 0 Å². The van der Waals surface area contributed by atoms with Crippen LogP contribution in [0.15, 0.2) is 30.1 Å². The average molecular weight is 382 g/mol. The van der Waals surface area contributed by atoms with Crippen LogP contribution in [0.5, 0.6) is 0 Å². The Balaban J connectivity index is 1.55. The molecular weight excluding hydrogens is 366 g/mol. The quantitative estimate of drug-likeness (QED) is 0.673. The van der Waals surface area contributed by atoms with Crippen molar-refractivity contribution in [3.8, 4) is 0 Å². The number of halogens is 1. The summed E-state index contributed by atoms with van der Waals surface area (Å²) in [5.41, 5.74) is 1.66. The first kappa shape index (κ1) is 16.4. The predicted molar refractivity (Wildman–Crippen MR) is 89.7 cm³/mol. The monoisotopic (exact) mass is 381 g/mol. The number of fused-ring (bicyclic) bond motifs is 1. The highest BCUT2D eigenvalue weighted by molar-refractivity contribution is 7.89. The van der Waals surface area contributed by atoms with Gasteiger partial charge in [0.2, 0.25) is 0 Å². The Morgan fingerprint density at radius 3 is 2.72 bits per heavy atom. The fourth-order valence-electron chi connectivity index (χ4n) is 3.18. The second kappa shape index (κ2) is 6.04. The molecule has 1 saturated heterocycles. The smallest absolute Gasteiger partial charge is 0.278 e. The minimum atomic E-state index is -3.63. The molecule has 4 heterocycles. The maximum absolute atomic E-state index is 12.7. The third kappa shape index (κ3) is 2.79.